The van der Waals surface area contributed by atoms with Gasteiger partial charge in [-0.2, -0.15) is 0 Å². The lowest BCUT2D eigenvalue weighted by Gasteiger charge is -2.22. The van der Waals surface area contributed by atoms with Crippen molar-refractivity contribution in [2.24, 2.45) is 0 Å². The summed E-state index contributed by atoms with van der Waals surface area (Å²) in [7, 11) is 5.38. The Morgan fingerprint density at radius 1 is 0.875 bits per heavy atom. The van der Waals surface area contributed by atoms with E-state index in [2.05, 4.69) is 0 Å². The van der Waals surface area contributed by atoms with Crippen LogP contribution in [0.2, 0.25) is 0 Å². The smallest absolute Gasteiger partial charge is 0.201 e. The largest absolute Gasteiger partial charge is 0.496 e. The van der Waals surface area contributed by atoms with Gasteiger partial charge in [0, 0.05) is 17.7 Å². The van der Waals surface area contributed by atoms with E-state index in [4.69, 9.17) is 9.47 Å². The summed E-state index contributed by atoms with van der Waals surface area (Å²) in [5.74, 6) is 0.415. The lowest BCUT2D eigenvalue weighted by atomic mass is 9.83. The van der Waals surface area contributed by atoms with E-state index in [0.717, 1.165) is 0 Å². The summed E-state index contributed by atoms with van der Waals surface area (Å²) in [6.45, 7) is 1.15. The van der Waals surface area contributed by atoms with Crippen molar-refractivity contribution in [3.8, 4) is 11.5 Å². The van der Waals surface area contributed by atoms with Gasteiger partial charge in [0.2, 0.25) is 5.78 Å². The predicted molar refractivity (Wildman–Crippen MR) is 90.4 cm³/mol. The fourth-order valence-corrected chi connectivity index (χ4v) is 2.81. The minimum atomic E-state index is -0.238. The summed E-state index contributed by atoms with van der Waals surface area (Å²) in [4.78, 5) is 27.8. The van der Waals surface area contributed by atoms with E-state index in [1.807, 2.05) is 19.0 Å². The minimum absolute atomic E-state index is 0.184. The van der Waals surface area contributed by atoms with Crippen LogP contribution in [0.25, 0.3) is 0 Å². The SMILES string of the molecule is COc1cccc2c1C(=O)c1c(OCCN(C)C)cccc1C2=O. The molecule has 24 heavy (non-hydrogen) atoms. The molecule has 0 atom stereocenters. The first-order chi connectivity index (χ1) is 11.5. The van der Waals surface area contributed by atoms with Crippen LogP contribution in [-0.4, -0.2) is 50.8 Å². The maximum Gasteiger partial charge on any atom is 0.201 e. The number of hydrogen-bond donors (Lipinski definition) is 0. The number of rotatable bonds is 5. The van der Waals surface area contributed by atoms with Crippen molar-refractivity contribution in [3.05, 3.63) is 58.7 Å². The zero-order valence-electron chi connectivity index (χ0n) is 14.0. The highest BCUT2D eigenvalue weighted by molar-refractivity contribution is 6.30. The van der Waals surface area contributed by atoms with Gasteiger partial charge in [-0.05, 0) is 26.2 Å². The van der Waals surface area contributed by atoms with Gasteiger partial charge in [0.25, 0.3) is 0 Å². The lowest BCUT2D eigenvalue weighted by Crippen LogP contribution is -2.24. The third kappa shape index (κ3) is 2.67. The lowest BCUT2D eigenvalue weighted by molar-refractivity contribution is 0.0972. The number of likely N-dealkylation sites (N-methyl/N-ethyl adjacent to an activating group) is 1. The van der Waals surface area contributed by atoms with Crippen LogP contribution in [0, 0.1) is 0 Å². The molecule has 0 saturated heterocycles. The van der Waals surface area contributed by atoms with Gasteiger partial charge in [-0.3, -0.25) is 9.59 Å². The van der Waals surface area contributed by atoms with E-state index in [1.165, 1.54) is 7.11 Å². The molecule has 1 aliphatic rings. The quantitative estimate of drug-likeness (QED) is 0.721. The molecule has 0 saturated carbocycles. The highest BCUT2D eigenvalue weighted by Gasteiger charge is 2.34. The average Bonchev–Trinajstić information content (AvgIpc) is 2.58. The van der Waals surface area contributed by atoms with Gasteiger partial charge in [-0.25, -0.2) is 0 Å². The molecule has 3 rings (SSSR count). The Balaban J connectivity index is 2.07. The first kappa shape index (κ1) is 16.2. The molecule has 0 unspecified atom stereocenters. The molecule has 2 aromatic carbocycles. The molecule has 0 amide bonds. The van der Waals surface area contributed by atoms with E-state index in [-0.39, 0.29) is 11.6 Å². The molecule has 5 nitrogen and oxygen atoms in total. The van der Waals surface area contributed by atoms with E-state index >= 15 is 0 Å². The van der Waals surface area contributed by atoms with Crippen LogP contribution in [0.3, 0.4) is 0 Å². The molecular weight excluding hydrogens is 306 g/mol. The van der Waals surface area contributed by atoms with Crippen molar-refractivity contribution in [2.75, 3.05) is 34.4 Å². The number of carbonyl (C=O) groups excluding carboxylic acids is 2. The molecule has 1 aliphatic carbocycles. The van der Waals surface area contributed by atoms with Crippen LogP contribution in [0.5, 0.6) is 11.5 Å². The van der Waals surface area contributed by atoms with Crippen molar-refractivity contribution in [3.63, 3.8) is 0 Å². The number of fused-ring (bicyclic) bond motifs is 2. The summed E-state index contributed by atoms with van der Waals surface area (Å²) in [6, 6.07) is 10.2. The molecule has 2 aromatic rings. The topological polar surface area (TPSA) is 55.8 Å². The summed E-state index contributed by atoms with van der Waals surface area (Å²) < 4.78 is 11.0. The van der Waals surface area contributed by atoms with E-state index in [9.17, 15) is 9.59 Å². The molecule has 0 heterocycles. The van der Waals surface area contributed by atoms with Gasteiger partial charge in [0.05, 0.1) is 18.2 Å². The Bertz CT molecular complexity index is 811. The highest BCUT2D eigenvalue weighted by Crippen LogP contribution is 2.37. The van der Waals surface area contributed by atoms with Crippen LogP contribution in [0.1, 0.15) is 31.8 Å². The summed E-state index contributed by atoms with van der Waals surface area (Å²) >= 11 is 0. The Labute approximate surface area is 140 Å². The van der Waals surface area contributed by atoms with Crippen LogP contribution in [-0.2, 0) is 0 Å². The molecule has 0 aromatic heterocycles. The summed E-state index contributed by atoms with van der Waals surface area (Å²) in [5.41, 5.74) is 1.37. The summed E-state index contributed by atoms with van der Waals surface area (Å²) in [6.07, 6.45) is 0. The van der Waals surface area contributed by atoms with Gasteiger partial charge in [0.15, 0.2) is 5.78 Å². The fraction of sp³-hybridized carbons (Fsp3) is 0.263. The van der Waals surface area contributed by atoms with Crippen molar-refractivity contribution in [1.29, 1.82) is 0 Å². The van der Waals surface area contributed by atoms with E-state index in [0.29, 0.717) is 46.9 Å². The number of carbonyl (C=O) groups is 2. The number of hydrogen-bond acceptors (Lipinski definition) is 5. The number of ether oxygens (including phenoxy) is 2. The maximum atomic E-state index is 13.0. The molecule has 0 N–H and O–H groups in total. The van der Waals surface area contributed by atoms with Crippen LogP contribution >= 0.6 is 0 Å². The minimum Gasteiger partial charge on any atom is -0.496 e. The normalized spacial score (nSPS) is 12.8. The third-order valence-electron chi connectivity index (χ3n) is 4.01. The monoisotopic (exact) mass is 325 g/mol. The highest BCUT2D eigenvalue weighted by atomic mass is 16.5. The van der Waals surface area contributed by atoms with Crippen molar-refractivity contribution >= 4 is 11.6 Å². The molecule has 0 radical (unpaired) electrons. The second-order valence-electron chi connectivity index (χ2n) is 5.87. The van der Waals surface area contributed by atoms with Gasteiger partial charge < -0.3 is 14.4 Å². The second kappa shape index (κ2) is 6.45. The molecule has 0 aliphatic heterocycles. The average molecular weight is 325 g/mol. The molecule has 0 bridgehead atoms. The molecule has 0 fully saturated rings. The molecule has 0 spiro atoms. The fourth-order valence-electron chi connectivity index (χ4n) is 2.81. The maximum absolute atomic E-state index is 13.0. The Morgan fingerprint density at radius 3 is 2.04 bits per heavy atom. The van der Waals surface area contributed by atoms with E-state index < -0.39 is 0 Å². The third-order valence-corrected chi connectivity index (χ3v) is 4.01. The standard InChI is InChI=1S/C19H19NO4/c1-20(2)10-11-24-15-9-5-7-13-17(15)19(22)16-12(18(13)21)6-4-8-14(16)23-3/h4-9H,10-11H2,1-3H3. The Hall–Kier alpha value is -2.66. The number of benzene rings is 2. The Kier molecular flexibility index (Phi) is 4.36. The molecule has 124 valence electrons. The van der Waals surface area contributed by atoms with E-state index in [1.54, 1.807) is 36.4 Å². The van der Waals surface area contributed by atoms with Gasteiger partial charge >= 0.3 is 0 Å². The van der Waals surface area contributed by atoms with Crippen LogP contribution in [0.4, 0.5) is 0 Å². The first-order valence-corrected chi connectivity index (χ1v) is 7.71. The van der Waals surface area contributed by atoms with Crippen molar-refractivity contribution < 1.29 is 19.1 Å². The van der Waals surface area contributed by atoms with Crippen molar-refractivity contribution in [2.45, 2.75) is 0 Å². The molecule has 5 heteroatoms. The zero-order chi connectivity index (χ0) is 17.3. The summed E-state index contributed by atoms with van der Waals surface area (Å²) in [5, 5.41) is 0. The number of nitrogens with zero attached hydrogens (tertiary/aromatic N) is 1. The van der Waals surface area contributed by atoms with Gasteiger partial charge in [-0.15, -0.1) is 0 Å². The number of methoxy groups -OCH3 is 1. The number of ketones is 2. The van der Waals surface area contributed by atoms with Crippen LogP contribution < -0.4 is 9.47 Å². The van der Waals surface area contributed by atoms with Gasteiger partial charge in [0.1, 0.15) is 18.1 Å². The first-order valence-electron chi connectivity index (χ1n) is 7.71. The predicted octanol–water partition coefficient (Wildman–Crippen LogP) is 2.41. The van der Waals surface area contributed by atoms with Crippen LogP contribution in [0.15, 0.2) is 36.4 Å². The van der Waals surface area contributed by atoms with Gasteiger partial charge in [-0.1, -0.05) is 24.3 Å². The Morgan fingerprint density at radius 2 is 1.46 bits per heavy atom. The molecular formula is C19H19NO4. The van der Waals surface area contributed by atoms with Crippen molar-refractivity contribution in [1.82, 2.24) is 4.90 Å². The zero-order valence-corrected chi connectivity index (χ0v) is 14.0. The second-order valence-corrected chi connectivity index (χ2v) is 5.87.